The standard InChI is InChI=1S/C24H21Cl2NO3/c1-2-30-24(29)18-9-12-21(13-10-18)27(16-19-8-11-20(25)15-22(19)26)23(28)14-17-6-4-3-5-7-17/h3-13,15H,2,14,16H2,1H3. The van der Waals surface area contributed by atoms with Crippen molar-refractivity contribution in [1.82, 2.24) is 0 Å². The first-order valence-corrected chi connectivity index (χ1v) is 10.3. The van der Waals surface area contributed by atoms with E-state index < -0.39 is 5.97 Å². The summed E-state index contributed by atoms with van der Waals surface area (Å²) in [5.41, 5.74) is 2.78. The van der Waals surface area contributed by atoms with E-state index in [4.69, 9.17) is 27.9 Å². The lowest BCUT2D eigenvalue weighted by Gasteiger charge is -2.24. The van der Waals surface area contributed by atoms with Crippen LogP contribution in [-0.2, 0) is 22.5 Å². The highest BCUT2D eigenvalue weighted by molar-refractivity contribution is 6.35. The molecule has 3 rings (SSSR count). The van der Waals surface area contributed by atoms with Gasteiger partial charge < -0.3 is 9.64 Å². The first kappa shape index (κ1) is 21.9. The minimum Gasteiger partial charge on any atom is -0.462 e. The fraction of sp³-hybridized carbons (Fsp3) is 0.167. The number of amides is 1. The van der Waals surface area contributed by atoms with Crippen molar-refractivity contribution in [2.75, 3.05) is 11.5 Å². The summed E-state index contributed by atoms with van der Waals surface area (Å²) in [5.74, 6) is -0.483. The second-order valence-electron chi connectivity index (χ2n) is 6.65. The SMILES string of the molecule is CCOC(=O)c1ccc(N(Cc2ccc(Cl)cc2Cl)C(=O)Cc2ccccc2)cc1. The van der Waals surface area contributed by atoms with Gasteiger partial charge in [0, 0.05) is 15.7 Å². The Kier molecular flexibility index (Phi) is 7.50. The molecule has 0 unspecified atom stereocenters. The van der Waals surface area contributed by atoms with Crippen molar-refractivity contribution in [2.45, 2.75) is 19.9 Å². The number of hydrogen-bond donors (Lipinski definition) is 0. The summed E-state index contributed by atoms with van der Waals surface area (Å²) in [4.78, 5) is 26.8. The van der Waals surface area contributed by atoms with Gasteiger partial charge in [0.15, 0.2) is 0 Å². The van der Waals surface area contributed by atoms with Crippen molar-refractivity contribution >= 4 is 40.8 Å². The van der Waals surface area contributed by atoms with Gasteiger partial charge in [-0.15, -0.1) is 0 Å². The molecule has 4 nitrogen and oxygen atoms in total. The van der Waals surface area contributed by atoms with E-state index in [9.17, 15) is 9.59 Å². The molecule has 0 bridgehead atoms. The zero-order valence-electron chi connectivity index (χ0n) is 16.5. The number of esters is 1. The van der Waals surface area contributed by atoms with Crippen LogP contribution in [-0.4, -0.2) is 18.5 Å². The third kappa shape index (κ3) is 5.62. The third-order valence-electron chi connectivity index (χ3n) is 4.53. The summed E-state index contributed by atoms with van der Waals surface area (Å²) in [6.07, 6.45) is 0.242. The lowest BCUT2D eigenvalue weighted by atomic mass is 10.1. The van der Waals surface area contributed by atoms with Crippen molar-refractivity contribution < 1.29 is 14.3 Å². The first-order chi connectivity index (χ1) is 14.5. The van der Waals surface area contributed by atoms with Crippen LogP contribution < -0.4 is 4.90 Å². The van der Waals surface area contributed by atoms with Gasteiger partial charge in [0.05, 0.1) is 25.1 Å². The molecule has 0 fully saturated rings. The topological polar surface area (TPSA) is 46.6 Å². The Bertz CT molecular complexity index is 1020. The van der Waals surface area contributed by atoms with Crippen LogP contribution >= 0.6 is 23.2 Å². The van der Waals surface area contributed by atoms with Gasteiger partial charge in [-0.3, -0.25) is 4.79 Å². The van der Waals surface area contributed by atoms with E-state index in [0.717, 1.165) is 11.1 Å². The molecule has 0 atom stereocenters. The largest absolute Gasteiger partial charge is 0.462 e. The van der Waals surface area contributed by atoms with Crippen LogP contribution in [0.2, 0.25) is 10.0 Å². The summed E-state index contributed by atoms with van der Waals surface area (Å²) in [5, 5.41) is 1.02. The molecular weight excluding hydrogens is 421 g/mol. The molecule has 1 amide bonds. The van der Waals surface area contributed by atoms with E-state index in [0.29, 0.717) is 27.9 Å². The zero-order valence-corrected chi connectivity index (χ0v) is 18.0. The maximum absolute atomic E-state index is 13.2. The Morgan fingerprint density at radius 3 is 2.27 bits per heavy atom. The van der Waals surface area contributed by atoms with E-state index in [1.807, 2.05) is 30.3 Å². The number of anilines is 1. The summed E-state index contributed by atoms with van der Waals surface area (Å²) in [7, 11) is 0. The summed E-state index contributed by atoms with van der Waals surface area (Å²) in [6.45, 7) is 2.34. The van der Waals surface area contributed by atoms with Gasteiger partial charge in [-0.1, -0.05) is 59.6 Å². The van der Waals surface area contributed by atoms with Gasteiger partial charge in [-0.2, -0.15) is 0 Å². The molecule has 0 N–H and O–H groups in total. The highest BCUT2D eigenvalue weighted by Gasteiger charge is 2.19. The molecule has 0 aliphatic rings. The Hall–Kier alpha value is -2.82. The van der Waals surface area contributed by atoms with Crippen LogP contribution in [0.3, 0.4) is 0 Å². The highest BCUT2D eigenvalue weighted by atomic mass is 35.5. The number of halogens is 2. The molecule has 0 saturated carbocycles. The zero-order chi connectivity index (χ0) is 21.5. The van der Waals surface area contributed by atoms with Gasteiger partial charge in [-0.05, 0) is 54.4 Å². The molecule has 0 saturated heterocycles. The van der Waals surface area contributed by atoms with Crippen molar-refractivity contribution in [2.24, 2.45) is 0 Å². The maximum atomic E-state index is 13.2. The van der Waals surface area contributed by atoms with Gasteiger partial charge in [0.25, 0.3) is 0 Å². The fourth-order valence-corrected chi connectivity index (χ4v) is 3.47. The lowest BCUT2D eigenvalue weighted by molar-refractivity contribution is -0.118. The smallest absolute Gasteiger partial charge is 0.338 e. The number of hydrogen-bond acceptors (Lipinski definition) is 3. The monoisotopic (exact) mass is 441 g/mol. The minimum absolute atomic E-state index is 0.0869. The van der Waals surface area contributed by atoms with Crippen LogP contribution in [0.15, 0.2) is 72.8 Å². The Labute approximate surface area is 186 Å². The Balaban J connectivity index is 1.90. The number of carbonyl (C=O) groups is 2. The number of nitrogens with zero attached hydrogens (tertiary/aromatic N) is 1. The summed E-state index contributed by atoms with van der Waals surface area (Å²) in [6, 6.07) is 21.5. The summed E-state index contributed by atoms with van der Waals surface area (Å²) < 4.78 is 5.03. The van der Waals surface area contributed by atoms with Gasteiger partial charge >= 0.3 is 5.97 Å². The molecule has 0 aromatic heterocycles. The Morgan fingerprint density at radius 1 is 0.933 bits per heavy atom. The maximum Gasteiger partial charge on any atom is 0.338 e. The fourth-order valence-electron chi connectivity index (χ4n) is 3.00. The van der Waals surface area contributed by atoms with Crippen LogP contribution in [0.25, 0.3) is 0 Å². The number of ether oxygens (including phenoxy) is 1. The Morgan fingerprint density at radius 2 is 1.63 bits per heavy atom. The van der Waals surface area contributed by atoms with E-state index in [-0.39, 0.29) is 18.9 Å². The quantitative estimate of drug-likeness (QED) is 0.425. The van der Waals surface area contributed by atoms with Crippen LogP contribution in [0, 0.1) is 0 Å². The van der Waals surface area contributed by atoms with Crippen molar-refractivity contribution in [3.8, 4) is 0 Å². The predicted molar refractivity (Wildman–Crippen MR) is 120 cm³/mol. The van der Waals surface area contributed by atoms with Crippen molar-refractivity contribution in [3.63, 3.8) is 0 Å². The number of carbonyl (C=O) groups excluding carboxylic acids is 2. The molecule has 0 radical (unpaired) electrons. The van der Waals surface area contributed by atoms with E-state index in [2.05, 4.69) is 0 Å². The number of rotatable bonds is 7. The van der Waals surface area contributed by atoms with Crippen molar-refractivity contribution in [1.29, 1.82) is 0 Å². The molecule has 3 aromatic rings. The van der Waals surface area contributed by atoms with E-state index >= 15 is 0 Å². The van der Waals surface area contributed by atoms with Crippen LogP contribution in [0.5, 0.6) is 0 Å². The average molecular weight is 442 g/mol. The average Bonchev–Trinajstić information content (AvgIpc) is 2.74. The summed E-state index contributed by atoms with van der Waals surface area (Å²) >= 11 is 12.3. The second-order valence-corrected chi connectivity index (χ2v) is 7.49. The number of benzene rings is 3. The van der Waals surface area contributed by atoms with Gasteiger partial charge in [0.1, 0.15) is 0 Å². The van der Waals surface area contributed by atoms with Crippen molar-refractivity contribution in [3.05, 3.63) is 99.5 Å². The molecule has 3 aromatic carbocycles. The normalized spacial score (nSPS) is 10.5. The third-order valence-corrected chi connectivity index (χ3v) is 5.12. The molecule has 0 aliphatic carbocycles. The first-order valence-electron chi connectivity index (χ1n) is 9.53. The minimum atomic E-state index is -0.396. The molecule has 0 spiro atoms. The molecular formula is C24H21Cl2NO3. The van der Waals surface area contributed by atoms with Gasteiger partial charge in [0.2, 0.25) is 5.91 Å². The highest BCUT2D eigenvalue weighted by Crippen LogP contribution is 2.26. The molecule has 30 heavy (non-hydrogen) atoms. The lowest BCUT2D eigenvalue weighted by Crippen LogP contribution is -2.32. The molecule has 0 heterocycles. The van der Waals surface area contributed by atoms with Crippen LogP contribution in [0.1, 0.15) is 28.4 Å². The van der Waals surface area contributed by atoms with E-state index in [1.165, 1.54) is 0 Å². The molecule has 0 aliphatic heterocycles. The van der Waals surface area contributed by atoms with Crippen LogP contribution in [0.4, 0.5) is 5.69 Å². The van der Waals surface area contributed by atoms with E-state index in [1.54, 1.807) is 54.3 Å². The van der Waals surface area contributed by atoms with Gasteiger partial charge in [-0.25, -0.2) is 4.79 Å². The predicted octanol–water partition coefficient (Wildman–Crippen LogP) is 5.95. The molecule has 6 heteroatoms. The second kappa shape index (κ2) is 10.3. The molecule has 154 valence electrons.